The first-order valence-electron chi connectivity index (χ1n) is 12.6. The molecule has 0 saturated heterocycles. The maximum absolute atomic E-state index is 12.2. The minimum atomic E-state index is -0.522. The van der Waals surface area contributed by atoms with Gasteiger partial charge in [0.2, 0.25) is 0 Å². The SMILES string of the molecule is CC1=CCC[C@]2(C)[C@@H](c3ccccc3)c3c(O)c(C=O)c(O)c(C=O)c3O[C@H]2[C@H]2[C@@H](CC1)C2(C)C. The Labute approximate surface area is 206 Å². The molecule has 35 heavy (non-hydrogen) atoms. The van der Waals surface area contributed by atoms with Crippen molar-refractivity contribution < 1.29 is 24.5 Å². The number of rotatable bonds is 3. The van der Waals surface area contributed by atoms with E-state index in [0.717, 1.165) is 31.2 Å². The van der Waals surface area contributed by atoms with Crippen molar-refractivity contribution in [2.24, 2.45) is 22.7 Å². The molecule has 2 aromatic rings. The molecule has 5 atom stereocenters. The van der Waals surface area contributed by atoms with Crippen LogP contribution in [0.2, 0.25) is 0 Å². The number of aldehydes is 2. The monoisotopic (exact) mass is 474 g/mol. The first kappa shape index (κ1) is 23.7. The van der Waals surface area contributed by atoms with Crippen molar-refractivity contribution in [3.63, 3.8) is 0 Å². The van der Waals surface area contributed by atoms with E-state index >= 15 is 0 Å². The van der Waals surface area contributed by atoms with Crippen molar-refractivity contribution >= 4 is 12.6 Å². The van der Waals surface area contributed by atoms with Gasteiger partial charge in [0.15, 0.2) is 12.6 Å². The van der Waals surface area contributed by atoms with Gasteiger partial charge in [-0.05, 0) is 49.5 Å². The highest BCUT2D eigenvalue weighted by atomic mass is 16.5. The number of aromatic hydroxyl groups is 2. The van der Waals surface area contributed by atoms with E-state index in [-0.39, 0.29) is 46.0 Å². The summed E-state index contributed by atoms with van der Waals surface area (Å²) in [6.45, 7) is 9.01. The zero-order valence-electron chi connectivity index (χ0n) is 20.9. The fraction of sp³-hybridized carbons (Fsp3) is 0.467. The lowest BCUT2D eigenvalue weighted by molar-refractivity contribution is -0.00817. The number of phenols is 2. The Bertz CT molecular complexity index is 1210. The Hall–Kier alpha value is -3.08. The van der Waals surface area contributed by atoms with Gasteiger partial charge >= 0.3 is 0 Å². The second kappa shape index (κ2) is 8.25. The molecule has 5 rings (SSSR count). The fourth-order valence-electron chi connectivity index (χ4n) is 7.15. The van der Waals surface area contributed by atoms with E-state index < -0.39 is 11.2 Å². The lowest BCUT2D eigenvalue weighted by atomic mass is 9.60. The van der Waals surface area contributed by atoms with Crippen LogP contribution in [0.1, 0.15) is 91.1 Å². The van der Waals surface area contributed by atoms with Gasteiger partial charge < -0.3 is 14.9 Å². The van der Waals surface area contributed by atoms with Gasteiger partial charge in [-0.2, -0.15) is 0 Å². The summed E-state index contributed by atoms with van der Waals surface area (Å²) in [6.07, 6.45) is 6.89. The van der Waals surface area contributed by atoms with Crippen LogP contribution in [-0.4, -0.2) is 28.9 Å². The Morgan fingerprint density at radius 2 is 1.69 bits per heavy atom. The normalized spacial score (nSPS) is 31.0. The quantitative estimate of drug-likeness (QED) is 0.396. The second-order valence-electron chi connectivity index (χ2n) is 11.5. The molecule has 1 saturated carbocycles. The Morgan fingerprint density at radius 3 is 2.34 bits per heavy atom. The van der Waals surface area contributed by atoms with Crippen LogP contribution in [0.3, 0.4) is 0 Å². The van der Waals surface area contributed by atoms with Gasteiger partial charge in [0.1, 0.15) is 23.4 Å². The average molecular weight is 475 g/mol. The molecule has 2 aliphatic carbocycles. The van der Waals surface area contributed by atoms with Gasteiger partial charge in [-0.15, -0.1) is 0 Å². The van der Waals surface area contributed by atoms with E-state index in [1.54, 1.807) is 0 Å². The highest BCUT2D eigenvalue weighted by molar-refractivity contribution is 5.95. The molecule has 0 aromatic heterocycles. The standard InChI is InChI=1S/C30H34O5/c1-17-9-8-14-30(4)23(18-10-6-5-7-11-18)22-26(34)19(15-31)25(33)20(16-32)27(22)35-28(30)24-21(13-12-17)29(24,2)3/h5-7,9-11,15-16,21,23-24,28,33-34H,8,12-14H2,1-4H3/t21-,23+,24-,28+,30-/m1/s1. The molecule has 2 N–H and O–H groups in total. The van der Waals surface area contributed by atoms with Crippen LogP contribution < -0.4 is 4.74 Å². The first-order chi connectivity index (χ1) is 16.7. The van der Waals surface area contributed by atoms with E-state index in [1.807, 2.05) is 30.3 Å². The van der Waals surface area contributed by atoms with Gasteiger partial charge in [-0.25, -0.2) is 0 Å². The molecular weight excluding hydrogens is 440 g/mol. The molecule has 0 unspecified atom stereocenters. The summed E-state index contributed by atoms with van der Waals surface area (Å²) < 4.78 is 6.73. The highest BCUT2D eigenvalue weighted by Crippen LogP contribution is 2.70. The first-order valence-corrected chi connectivity index (χ1v) is 12.6. The van der Waals surface area contributed by atoms with Crippen LogP contribution >= 0.6 is 0 Å². The average Bonchev–Trinajstić information content (AvgIpc) is 3.38. The Balaban J connectivity index is 1.82. The van der Waals surface area contributed by atoms with Crippen molar-refractivity contribution in [2.45, 2.75) is 65.4 Å². The van der Waals surface area contributed by atoms with Crippen LogP contribution in [-0.2, 0) is 0 Å². The van der Waals surface area contributed by atoms with Crippen molar-refractivity contribution in [2.75, 3.05) is 0 Å². The molecular formula is C30H34O5. The fourth-order valence-corrected chi connectivity index (χ4v) is 7.15. The van der Waals surface area contributed by atoms with E-state index in [0.29, 0.717) is 24.1 Å². The molecule has 184 valence electrons. The predicted molar refractivity (Wildman–Crippen MR) is 134 cm³/mol. The maximum atomic E-state index is 12.2. The van der Waals surface area contributed by atoms with Crippen LogP contribution in [0.4, 0.5) is 0 Å². The van der Waals surface area contributed by atoms with Gasteiger partial charge in [-0.3, -0.25) is 9.59 Å². The molecule has 0 amide bonds. The summed E-state index contributed by atoms with van der Waals surface area (Å²) in [5.41, 5.74) is 2.14. The molecule has 1 aliphatic heterocycles. The minimum Gasteiger partial charge on any atom is -0.507 e. The number of allylic oxidation sites excluding steroid dienone is 2. The van der Waals surface area contributed by atoms with E-state index in [1.165, 1.54) is 5.57 Å². The number of fused-ring (bicyclic) bond motifs is 4. The number of ether oxygens (including phenoxy) is 1. The lowest BCUT2D eigenvalue weighted by Gasteiger charge is -2.50. The van der Waals surface area contributed by atoms with Gasteiger partial charge in [0, 0.05) is 22.8 Å². The summed E-state index contributed by atoms with van der Waals surface area (Å²) in [4.78, 5) is 24.1. The van der Waals surface area contributed by atoms with Crippen molar-refractivity contribution in [1.29, 1.82) is 0 Å². The third-order valence-corrected chi connectivity index (χ3v) is 9.21. The number of carbonyl (C=O) groups excluding carboxylic acids is 2. The number of phenolic OH excluding ortho intramolecular Hbond substituents is 2. The number of carbonyl (C=O) groups is 2. The smallest absolute Gasteiger partial charge is 0.157 e. The Kier molecular flexibility index (Phi) is 5.58. The minimum absolute atomic E-state index is 0.0641. The van der Waals surface area contributed by atoms with Crippen LogP contribution in [0.5, 0.6) is 17.2 Å². The molecule has 0 spiro atoms. The largest absolute Gasteiger partial charge is 0.507 e. The van der Waals surface area contributed by atoms with Crippen LogP contribution in [0, 0.1) is 22.7 Å². The molecule has 5 heteroatoms. The van der Waals surface area contributed by atoms with Gasteiger partial charge in [0.25, 0.3) is 0 Å². The topological polar surface area (TPSA) is 83.8 Å². The number of hydrogen-bond donors (Lipinski definition) is 2. The molecule has 0 radical (unpaired) electrons. The highest BCUT2D eigenvalue weighted by Gasteiger charge is 2.67. The van der Waals surface area contributed by atoms with Crippen molar-refractivity contribution in [3.05, 3.63) is 64.2 Å². The molecule has 3 aliphatic rings. The summed E-state index contributed by atoms with van der Waals surface area (Å²) in [6, 6.07) is 9.95. The zero-order chi connectivity index (χ0) is 25.1. The third-order valence-electron chi connectivity index (χ3n) is 9.21. The molecule has 5 nitrogen and oxygen atoms in total. The predicted octanol–water partition coefficient (Wildman–Crippen LogP) is 6.41. The van der Waals surface area contributed by atoms with Gasteiger partial charge in [0.05, 0.1) is 11.1 Å². The maximum Gasteiger partial charge on any atom is 0.157 e. The van der Waals surface area contributed by atoms with Crippen LogP contribution in [0.15, 0.2) is 42.0 Å². The number of hydrogen-bond acceptors (Lipinski definition) is 5. The summed E-state index contributed by atoms with van der Waals surface area (Å²) >= 11 is 0. The summed E-state index contributed by atoms with van der Waals surface area (Å²) in [5.74, 6) is -0.189. The molecule has 0 bridgehead atoms. The van der Waals surface area contributed by atoms with E-state index in [9.17, 15) is 19.8 Å². The van der Waals surface area contributed by atoms with Crippen molar-refractivity contribution in [3.8, 4) is 17.2 Å². The zero-order valence-corrected chi connectivity index (χ0v) is 20.9. The number of benzene rings is 2. The summed E-state index contributed by atoms with van der Waals surface area (Å²) in [7, 11) is 0. The third kappa shape index (κ3) is 3.42. The molecule has 2 aromatic carbocycles. The van der Waals surface area contributed by atoms with Crippen LogP contribution in [0.25, 0.3) is 0 Å². The van der Waals surface area contributed by atoms with Gasteiger partial charge in [-0.1, -0.05) is 62.8 Å². The molecule has 1 heterocycles. The summed E-state index contributed by atoms with van der Waals surface area (Å²) in [5, 5.41) is 22.0. The Morgan fingerprint density at radius 1 is 1.00 bits per heavy atom. The second-order valence-corrected chi connectivity index (χ2v) is 11.5. The van der Waals surface area contributed by atoms with Crippen molar-refractivity contribution in [1.82, 2.24) is 0 Å². The lowest BCUT2D eigenvalue weighted by Crippen LogP contribution is -2.48. The van der Waals surface area contributed by atoms with E-state index in [2.05, 4.69) is 33.8 Å². The molecule has 1 fully saturated rings. The van der Waals surface area contributed by atoms with E-state index in [4.69, 9.17) is 4.74 Å².